The molecular formula is C14H19NO2S. The molecule has 2 heterocycles. The van der Waals surface area contributed by atoms with Gasteiger partial charge >= 0.3 is 0 Å². The molecule has 0 aliphatic carbocycles. The minimum absolute atomic E-state index is 0.0630. The van der Waals surface area contributed by atoms with E-state index in [1.165, 1.54) is 4.88 Å². The molecule has 0 aromatic carbocycles. The number of hydrogen-bond acceptors (Lipinski definition) is 4. The highest BCUT2D eigenvalue weighted by Gasteiger charge is 2.27. The summed E-state index contributed by atoms with van der Waals surface area (Å²) < 4.78 is 5.71. The van der Waals surface area contributed by atoms with Crippen molar-refractivity contribution in [3.63, 3.8) is 0 Å². The molecule has 1 saturated heterocycles. The summed E-state index contributed by atoms with van der Waals surface area (Å²) in [6.07, 6.45) is 0. The monoisotopic (exact) mass is 265 g/mol. The normalized spacial score (nSPS) is 19.3. The van der Waals surface area contributed by atoms with Gasteiger partial charge in [-0.05, 0) is 25.3 Å². The molecule has 4 heteroatoms. The number of rotatable bonds is 2. The molecule has 1 aromatic rings. The van der Waals surface area contributed by atoms with E-state index in [-0.39, 0.29) is 12.2 Å². The van der Waals surface area contributed by atoms with Gasteiger partial charge in [0.2, 0.25) is 0 Å². The number of morpholine rings is 1. The van der Waals surface area contributed by atoms with Crippen LogP contribution in [0, 0.1) is 11.8 Å². The van der Waals surface area contributed by atoms with Crippen LogP contribution in [-0.4, -0.2) is 41.9 Å². The highest BCUT2D eigenvalue weighted by atomic mass is 32.1. The van der Waals surface area contributed by atoms with Crippen LogP contribution in [-0.2, 0) is 11.3 Å². The van der Waals surface area contributed by atoms with Crippen molar-refractivity contribution in [2.45, 2.75) is 26.0 Å². The Morgan fingerprint density at radius 3 is 3.11 bits per heavy atom. The van der Waals surface area contributed by atoms with Gasteiger partial charge in [0.1, 0.15) is 6.61 Å². The molecule has 18 heavy (non-hydrogen) atoms. The van der Waals surface area contributed by atoms with Crippen molar-refractivity contribution in [2.24, 2.45) is 0 Å². The van der Waals surface area contributed by atoms with E-state index in [0.717, 1.165) is 31.8 Å². The van der Waals surface area contributed by atoms with Gasteiger partial charge in [-0.2, -0.15) is 0 Å². The van der Waals surface area contributed by atoms with Gasteiger partial charge < -0.3 is 9.84 Å². The molecule has 1 aliphatic rings. The summed E-state index contributed by atoms with van der Waals surface area (Å²) in [7, 11) is 0. The zero-order valence-electron chi connectivity index (χ0n) is 10.9. The van der Waals surface area contributed by atoms with E-state index in [1.54, 1.807) is 11.3 Å². The molecule has 1 N–H and O–H groups in total. The quantitative estimate of drug-likeness (QED) is 0.826. The predicted octanol–water partition coefficient (Wildman–Crippen LogP) is 1.70. The summed E-state index contributed by atoms with van der Waals surface area (Å²) >= 11 is 1.73. The van der Waals surface area contributed by atoms with E-state index in [2.05, 4.69) is 36.0 Å². The lowest BCUT2D eigenvalue weighted by Crippen LogP contribution is -2.47. The number of aliphatic hydroxyl groups excluding tert-OH is 1. The molecule has 0 radical (unpaired) electrons. The molecular weight excluding hydrogens is 246 g/mol. The lowest BCUT2D eigenvalue weighted by Gasteiger charge is -2.38. The first kappa shape index (κ1) is 13.6. The summed E-state index contributed by atoms with van der Waals surface area (Å²) in [5.41, 5.74) is 0.977. The minimum Gasteiger partial charge on any atom is -0.384 e. The topological polar surface area (TPSA) is 32.7 Å². The first-order valence-corrected chi connectivity index (χ1v) is 7.01. The van der Waals surface area contributed by atoms with E-state index < -0.39 is 0 Å². The van der Waals surface area contributed by atoms with Crippen molar-refractivity contribution >= 4 is 11.3 Å². The third-order valence-corrected chi connectivity index (χ3v) is 3.83. The van der Waals surface area contributed by atoms with Crippen molar-refractivity contribution in [1.29, 1.82) is 0 Å². The zero-order chi connectivity index (χ0) is 13.0. The molecule has 0 spiro atoms. The largest absolute Gasteiger partial charge is 0.384 e. The number of nitrogens with zero attached hydrogens (tertiary/aromatic N) is 1. The third-order valence-electron chi connectivity index (χ3n) is 2.92. The molecule has 0 unspecified atom stereocenters. The Balaban J connectivity index is 2.03. The van der Waals surface area contributed by atoms with Crippen LogP contribution >= 0.6 is 11.3 Å². The molecule has 98 valence electrons. The molecule has 0 atom stereocenters. The predicted molar refractivity (Wildman–Crippen MR) is 73.6 cm³/mol. The van der Waals surface area contributed by atoms with Crippen molar-refractivity contribution in [2.75, 3.05) is 26.3 Å². The molecule has 1 aliphatic heterocycles. The van der Waals surface area contributed by atoms with Gasteiger partial charge in [-0.1, -0.05) is 11.8 Å². The van der Waals surface area contributed by atoms with Crippen LogP contribution in [0.3, 0.4) is 0 Å². The molecule has 3 nitrogen and oxygen atoms in total. The van der Waals surface area contributed by atoms with Crippen molar-refractivity contribution in [3.8, 4) is 11.8 Å². The first-order valence-electron chi connectivity index (χ1n) is 6.13. The van der Waals surface area contributed by atoms with E-state index in [9.17, 15) is 0 Å². The Morgan fingerprint density at radius 2 is 2.39 bits per heavy atom. The second kappa shape index (κ2) is 5.85. The number of ether oxygens (including phenoxy) is 1. The fourth-order valence-corrected chi connectivity index (χ4v) is 3.03. The van der Waals surface area contributed by atoms with Crippen LogP contribution in [0.15, 0.2) is 11.4 Å². The average molecular weight is 265 g/mol. The average Bonchev–Trinajstić information content (AvgIpc) is 2.72. The van der Waals surface area contributed by atoms with Crippen molar-refractivity contribution in [3.05, 3.63) is 21.9 Å². The fraction of sp³-hybridized carbons (Fsp3) is 0.571. The van der Waals surface area contributed by atoms with Crippen LogP contribution in [0.2, 0.25) is 0 Å². The van der Waals surface area contributed by atoms with Gasteiger partial charge in [-0.15, -0.1) is 11.3 Å². The molecule has 1 fully saturated rings. The van der Waals surface area contributed by atoms with Crippen LogP contribution in [0.5, 0.6) is 0 Å². The van der Waals surface area contributed by atoms with Crippen LogP contribution in [0.4, 0.5) is 0 Å². The Hall–Kier alpha value is -0.860. The zero-order valence-corrected chi connectivity index (χ0v) is 11.7. The SMILES string of the molecule is CC1(C)CN(Cc2sccc2C#CCO)CCO1. The number of hydrogen-bond donors (Lipinski definition) is 1. The van der Waals surface area contributed by atoms with E-state index in [4.69, 9.17) is 9.84 Å². The van der Waals surface area contributed by atoms with Crippen LogP contribution < -0.4 is 0 Å². The smallest absolute Gasteiger partial charge is 0.104 e. The van der Waals surface area contributed by atoms with E-state index >= 15 is 0 Å². The Labute approximate surface area is 112 Å². The Bertz CT molecular complexity index is 456. The molecule has 1 aromatic heterocycles. The summed E-state index contributed by atoms with van der Waals surface area (Å²) in [4.78, 5) is 3.67. The van der Waals surface area contributed by atoms with Crippen LogP contribution in [0.1, 0.15) is 24.3 Å². The fourth-order valence-electron chi connectivity index (χ4n) is 2.16. The van der Waals surface area contributed by atoms with Gasteiger partial charge in [-0.3, -0.25) is 4.90 Å². The maximum absolute atomic E-state index is 8.75. The van der Waals surface area contributed by atoms with E-state index in [1.807, 2.05) is 6.07 Å². The van der Waals surface area contributed by atoms with Gasteiger partial charge in [0.05, 0.1) is 12.2 Å². The highest BCUT2D eigenvalue weighted by molar-refractivity contribution is 7.10. The summed E-state index contributed by atoms with van der Waals surface area (Å²) in [5, 5.41) is 10.8. The van der Waals surface area contributed by atoms with Crippen molar-refractivity contribution in [1.82, 2.24) is 4.90 Å². The Morgan fingerprint density at radius 1 is 1.56 bits per heavy atom. The standard InChI is InChI=1S/C14H19NO2S/c1-14(2)11-15(6-8-17-14)10-13-12(4-3-7-16)5-9-18-13/h5,9,16H,6-8,10-11H2,1-2H3. The van der Waals surface area contributed by atoms with Gasteiger partial charge in [-0.25, -0.2) is 0 Å². The molecule has 0 saturated carbocycles. The van der Waals surface area contributed by atoms with Crippen LogP contribution in [0.25, 0.3) is 0 Å². The van der Waals surface area contributed by atoms with Gasteiger partial charge in [0.25, 0.3) is 0 Å². The lowest BCUT2D eigenvalue weighted by molar-refractivity contribution is -0.0880. The molecule has 0 amide bonds. The van der Waals surface area contributed by atoms with E-state index in [0.29, 0.717) is 0 Å². The molecule has 0 bridgehead atoms. The Kier molecular flexibility index (Phi) is 4.41. The van der Waals surface area contributed by atoms with Crippen molar-refractivity contribution < 1.29 is 9.84 Å². The minimum atomic E-state index is -0.0835. The lowest BCUT2D eigenvalue weighted by atomic mass is 10.1. The maximum atomic E-state index is 8.75. The number of thiophene rings is 1. The second-order valence-electron chi connectivity index (χ2n) is 5.04. The summed E-state index contributed by atoms with van der Waals surface area (Å²) in [6.45, 7) is 7.78. The summed E-state index contributed by atoms with van der Waals surface area (Å²) in [6, 6.07) is 2.02. The van der Waals surface area contributed by atoms with Gasteiger partial charge in [0.15, 0.2) is 0 Å². The number of aliphatic hydroxyl groups is 1. The van der Waals surface area contributed by atoms with Gasteiger partial charge in [0, 0.05) is 30.1 Å². The first-order chi connectivity index (χ1) is 8.61. The molecule has 2 rings (SSSR count). The third kappa shape index (κ3) is 3.56. The highest BCUT2D eigenvalue weighted by Crippen LogP contribution is 2.22. The summed E-state index contributed by atoms with van der Waals surface area (Å²) in [5.74, 6) is 5.72. The second-order valence-corrected chi connectivity index (χ2v) is 6.04. The maximum Gasteiger partial charge on any atom is 0.104 e.